The molecular weight excluding hydrogens is 399 g/mol. The molecule has 0 aromatic rings. The Kier molecular flexibility index (Phi) is 6.19. The molecule has 1 N–H and O–H groups in total. The second-order valence-corrected chi connectivity index (χ2v) is 9.73. The summed E-state index contributed by atoms with van der Waals surface area (Å²) in [6, 6.07) is -0.229. The molecule has 0 atom stereocenters. The highest BCUT2D eigenvalue weighted by Crippen LogP contribution is 2.60. The van der Waals surface area contributed by atoms with E-state index in [4.69, 9.17) is 0 Å². The highest BCUT2D eigenvalue weighted by atomic mass is 19.4. The van der Waals surface area contributed by atoms with E-state index in [9.17, 15) is 22.8 Å². The molecule has 4 bridgehead atoms. The first-order chi connectivity index (χ1) is 14.2. The molecule has 4 saturated carbocycles. The maximum absolute atomic E-state index is 13.4. The molecule has 4 aliphatic carbocycles. The third-order valence-corrected chi connectivity index (χ3v) is 7.35. The lowest BCUT2D eigenvalue weighted by Gasteiger charge is -2.57. The van der Waals surface area contributed by atoms with Gasteiger partial charge in [-0.25, -0.2) is 4.79 Å². The SMILES string of the molecule is O=C(NCCCOCC(F)(F)F)N1CCN(C(=O)C23CC4CC(CC(C4)C2)C3)CC1. The fraction of sp³-hybridized carbons (Fsp3) is 0.905. The summed E-state index contributed by atoms with van der Waals surface area (Å²) in [6.45, 7) is 1.06. The van der Waals surface area contributed by atoms with Crippen LogP contribution in [0.4, 0.5) is 18.0 Å². The largest absolute Gasteiger partial charge is 0.411 e. The Labute approximate surface area is 175 Å². The molecule has 1 saturated heterocycles. The number of carbonyl (C=O) groups excluding carboxylic acids is 2. The summed E-state index contributed by atoms with van der Waals surface area (Å²) in [5, 5.41) is 2.72. The number of nitrogens with one attached hydrogen (secondary N) is 1. The van der Waals surface area contributed by atoms with E-state index >= 15 is 0 Å². The molecule has 0 spiro atoms. The van der Waals surface area contributed by atoms with Crippen molar-refractivity contribution in [2.24, 2.45) is 23.2 Å². The monoisotopic (exact) mass is 431 g/mol. The molecule has 5 rings (SSSR count). The van der Waals surface area contributed by atoms with Gasteiger partial charge in [-0.1, -0.05) is 0 Å². The fourth-order valence-corrected chi connectivity index (χ4v) is 6.49. The topological polar surface area (TPSA) is 61.9 Å². The predicted molar refractivity (Wildman–Crippen MR) is 104 cm³/mol. The molecule has 1 heterocycles. The molecule has 6 nitrogen and oxygen atoms in total. The zero-order valence-electron chi connectivity index (χ0n) is 17.4. The smallest absolute Gasteiger partial charge is 0.372 e. The molecule has 0 radical (unpaired) electrons. The van der Waals surface area contributed by atoms with Gasteiger partial charge in [0.1, 0.15) is 6.61 Å². The van der Waals surface area contributed by atoms with Crippen LogP contribution >= 0.6 is 0 Å². The number of ether oxygens (including phenoxy) is 1. The summed E-state index contributed by atoms with van der Waals surface area (Å²) in [4.78, 5) is 29.3. The van der Waals surface area contributed by atoms with E-state index in [2.05, 4.69) is 10.1 Å². The van der Waals surface area contributed by atoms with Crippen LogP contribution in [0.15, 0.2) is 0 Å². The first kappa shape index (κ1) is 21.7. The highest BCUT2D eigenvalue weighted by Gasteiger charge is 2.55. The lowest BCUT2D eigenvalue weighted by molar-refractivity contribution is -0.173. The standard InChI is InChI=1S/C21H32F3N3O3/c22-21(23,24)14-30-7-1-2-25-19(29)27-5-3-26(4-6-27)18(28)20-11-15-8-16(12-20)10-17(9-15)13-20/h15-17H,1-14H2,(H,25,29). The Morgan fingerprint density at radius 1 is 0.933 bits per heavy atom. The summed E-state index contributed by atoms with van der Waals surface area (Å²) in [7, 11) is 0. The van der Waals surface area contributed by atoms with Crippen LogP contribution in [-0.2, 0) is 9.53 Å². The van der Waals surface area contributed by atoms with Gasteiger partial charge in [-0.05, 0) is 62.7 Å². The molecule has 170 valence electrons. The van der Waals surface area contributed by atoms with Gasteiger partial charge in [0.2, 0.25) is 5.91 Å². The quantitative estimate of drug-likeness (QED) is 0.658. The maximum Gasteiger partial charge on any atom is 0.411 e. The number of rotatable bonds is 6. The van der Waals surface area contributed by atoms with Crippen molar-refractivity contribution in [1.82, 2.24) is 15.1 Å². The fourth-order valence-electron chi connectivity index (χ4n) is 6.49. The second kappa shape index (κ2) is 8.55. The lowest BCUT2D eigenvalue weighted by atomic mass is 9.49. The molecule has 1 aliphatic heterocycles. The van der Waals surface area contributed by atoms with Crippen LogP contribution in [0.5, 0.6) is 0 Å². The number of alkyl halides is 3. The predicted octanol–water partition coefficient (Wildman–Crippen LogP) is 3.03. The van der Waals surface area contributed by atoms with Crippen molar-refractivity contribution < 1.29 is 27.5 Å². The van der Waals surface area contributed by atoms with Crippen molar-refractivity contribution >= 4 is 11.9 Å². The third kappa shape index (κ3) is 4.86. The zero-order valence-corrected chi connectivity index (χ0v) is 17.4. The van der Waals surface area contributed by atoms with Crippen LogP contribution in [0.1, 0.15) is 44.9 Å². The van der Waals surface area contributed by atoms with Crippen LogP contribution in [0.2, 0.25) is 0 Å². The summed E-state index contributed by atoms with van der Waals surface area (Å²) in [6.07, 6.45) is 3.08. The van der Waals surface area contributed by atoms with Crippen molar-refractivity contribution in [3.8, 4) is 0 Å². The highest BCUT2D eigenvalue weighted by molar-refractivity contribution is 5.84. The van der Waals surface area contributed by atoms with Gasteiger partial charge >= 0.3 is 12.2 Å². The van der Waals surface area contributed by atoms with Gasteiger partial charge in [0.25, 0.3) is 0 Å². The van der Waals surface area contributed by atoms with Crippen LogP contribution < -0.4 is 5.32 Å². The minimum atomic E-state index is -4.32. The Morgan fingerprint density at radius 2 is 1.47 bits per heavy atom. The van der Waals surface area contributed by atoms with Crippen molar-refractivity contribution in [3.63, 3.8) is 0 Å². The van der Waals surface area contributed by atoms with Crippen molar-refractivity contribution in [2.75, 3.05) is 45.9 Å². The maximum atomic E-state index is 13.4. The summed E-state index contributed by atoms with van der Waals surface area (Å²) >= 11 is 0. The zero-order chi connectivity index (χ0) is 21.4. The number of urea groups is 1. The summed E-state index contributed by atoms with van der Waals surface area (Å²) < 4.78 is 40.5. The first-order valence-electron chi connectivity index (χ1n) is 11.2. The average Bonchev–Trinajstić information content (AvgIpc) is 2.68. The summed E-state index contributed by atoms with van der Waals surface area (Å²) in [5.74, 6) is 2.50. The second-order valence-electron chi connectivity index (χ2n) is 9.73. The molecule has 0 aromatic heterocycles. The molecule has 30 heavy (non-hydrogen) atoms. The minimum absolute atomic E-state index is 0.0485. The number of carbonyl (C=O) groups is 2. The van der Waals surface area contributed by atoms with E-state index in [0.717, 1.165) is 37.0 Å². The molecule has 9 heteroatoms. The summed E-state index contributed by atoms with van der Waals surface area (Å²) in [5.41, 5.74) is -0.143. The number of halogens is 3. The van der Waals surface area contributed by atoms with E-state index in [1.807, 2.05) is 4.90 Å². The van der Waals surface area contributed by atoms with Gasteiger partial charge in [-0.3, -0.25) is 4.79 Å². The molecule has 3 amide bonds. The third-order valence-electron chi connectivity index (χ3n) is 7.35. The van der Waals surface area contributed by atoms with E-state index in [1.54, 1.807) is 4.90 Å². The Balaban J connectivity index is 1.17. The van der Waals surface area contributed by atoms with Crippen molar-refractivity contribution in [3.05, 3.63) is 0 Å². The van der Waals surface area contributed by atoms with Gasteiger partial charge in [-0.15, -0.1) is 0 Å². The number of hydrogen-bond acceptors (Lipinski definition) is 3. The normalized spacial score (nSPS) is 33.1. The first-order valence-corrected chi connectivity index (χ1v) is 11.2. The van der Waals surface area contributed by atoms with Crippen LogP contribution in [0.25, 0.3) is 0 Å². The lowest BCUT2D eigenvalue weighted by Crippen LogP contribution is -2.59. The average molecular weight is 431 g/mol. The van der Waals surface area contributed by atoms with Crippen LogP contribution in [-0.4, -0.2) is 73.9 Å². The van der Waals surface area contributed by atoms with E-state index in [0.29, 0.717) is 38.5 Å². The number of hydrogen-bond donors (Lipinski definition) is 1. The molecular formula is C21H32F3N3O3. The van der Waals surface area contributed by atoms with E-state index in [-0.39, 0.29) is 24.6 Å². The Bertz CT molecular complexity index is 612. The number of amides is 3. The van der Waals surface area contributed by atoms with Gasteiger partial charge in [0.15, 0.2) is 0 Å². The van der Waals surface area contributed by atoms with Crippen LogP contribution in [0, 0.1) is 23.2 Å². The van der Waals surface area contributed by atoms with Crippen molar-refractivity contribution in [1.29, 1.82) is 0 Å². The van der Waals surface area contributed by atoms with Crippen LogP contribution in [0.3, 0.4) is 0 Å². The van der Waals surface area contributed by atoms with Gasteiger partial charge in [-0.2, -0.15) is 13.2 Å². The minimum Gasteiger partial charge on any atom is -0.372 e. The molecule has 5 aliphatic rings. The van der Waals surface area contributed by atoms with Gasteiger partial charge < -0.3 is 19.9 Å². The molecule has 0 unspecified atom stereocenters. The Morgan fingerprint density at radius 3 is 2.00 bits per heavy atom. The van der Waals surface area contributed by atoms with E-state index in [1.165, 1.54) is 19.3 Å². The van der Waals surface area contributed by atoms with Gasteiger partial charge in [0.05, 0.1) is 5.41 Å². The van der Waals surface area contributed by atoms with Gasteiger partial charge in [0, 0.05) is 39.3 Å². The Hall–Kier alpha value is -1.51. The molecule has 5 fully saturated rings. The molecule has 0 aromatic carbocycles. The van der Waals surface area contributed by atoms with Crippen molar-refractivity contribution in [2.45, 2.75) is 51.1 Å². The van der Waals surface area contributed by atoms with E-state index < -0.39 is 12.8 Å². The number of nitrogens with zero attached hydrogens (tertiary/aromatic N) is 2. The number of piperazine rings is 1.